The SMILES string of the molecule is COc1ccc(NC(=O)C(C)O/N=C/c2ccc(Cl)cc2)cc1OC. The van der Waals surface area contributed by atoms with Crippen LogP contribution < -0.4 is 14.8 Å². The number of hydrogen-bond donors (Lipinski definition) is 1. The fraction of sp³-hybridized carbons (Fsp3) is 0.222. The maximum atomic E-state index is 12.2. The van der Waals surface area contributed by atoms with Gasteiger partial charge in [-0.25, -0.2) is 0 Å². The first kappa shape index (κ1) is 18.6. The zero-order valence-corrected chi connectivity index (χ0v) is 14.9. The van der Waals surface area contributed by atoms with E-state index in [-0.39, 0.29) is 5.91 Å². The molecule has 0 saturated carbocycles. The van der Waals surface area contributed by atoms with Gasteiger partial charge in [0.25, 0.3) is 5.91 Å². The molecule has 0 aromatic heterocycles. The third-order valence-corrected chi connectivity index (χ3v) is 3.56. The quantitative estimate of drug-likeness (QED) is 0.601. The topological polar surface area (TPSA) is 69.2 Å². The van der Waals surface area contributed by atoms with Gasteiger partial charge in [-0.2, -0.15) is 0 Å². The molecule has 2 aromatic rings. The summed E-state index contributed by atoms with van der Waals surface area (Å²) in [5, 5.41) is 7.19. The lowest BCUT2D eigenvalue weighted by Crippen LogP contribution is -2.26. The number of rotatable bonds is 7. The standard InChI is InChI=1S/C18H19ClN2O4/c1-12(25-20-11-13-4-6-14(19)7-5-13)18(22)21-15-8-9-16(23-2)17(10-15)24-3/h4-12H,1-3H3,(H,21,22)/b20-11+. The fourth-order valence-corrected chi connectivity index (χ4v) is 2.06. The average molecular weight is 363 g/mol. The number of carbonyl (C=O) groups is 1. The largest absolute Gasteiger partial charge is 0.493 e. The van der Waals surface area contributed by atoms with E-state index in [0.29, 0.717) is 22.2 Å². The average Bonchev–Trinajstić information content (AvgIpc) is 2.63. The lowest BCUT2D eigenvalue weighted by Gasteiger charge is -2.13. The normalized spacial score (nSPS) is 11.8. The number of halogens is 1. The van der Waals surface area contributed by atoms with E-state index in [9.17, 15) is 4.79 Å². The Balaban J connectivity index is 1.92. The predicted molar refractivity (Wildman–Crippen MR) is 97.8 cm³/mol. The van der Waals surface area contributed by atoms with Crippen molar-refractivity contribution in [3.05, 3.63) is 53.1 Å². The molecule has 0 aliphatic rings. The second-order valence-electron chi connectivity index (χ2n) is 5.09. The van der Waals surface area contributed by atoms with Crippen molar-refractivity contribution in [2.45, 2.75) is 13.0 Å². The van der Waals surface area contributed by atoms with Gasteiger partial charge < -0.3 is 19.6 Å². The zero-order chi connectivity index (χ0) is 18.2. The minimum absolute atomic E-state index is 0.333. The molecule has 0 fully saturated rings. The highest BCUT2D eigenvalue weighted by Gasteiger charge is 2.15. The molecule has 0 saturated heterocycles. The number of anilines is 1. The van der Waals surface area contributed by atoms with E-state index < -0.39 is 6.10 Å². The third kappa shape index (κ3) is 5.39. The fourth-order valence-electron chi connectivity index (χ4n) is 1.94. The van der Waals surface area contributed by atoms with Crippen molar-refractivity contribution in [1.29, 1.82) is 0 Å². The van der Waals surface area contributed by atoms with Crippen molar-refractivity contribution >= 4 is 29.4 Å². The van der Waals surface area contributed by atoms with E-state index >= 15 is 0 Å². The van der Waals surface area contributed by atoms with Crippen LogP contribution in [0.5, 0.6) is 11.5 Å². The van der Waals surface area contributed by atoms with Gasteiger partial charge in [0.05, 0.1) is 20.4 Å². The molecule has 132 valence electrons. The lowest BCUT2D eigenvalue weighted by molar-refractivity contribution is -0.126. The molecule has 1 amide bonds. The van der Waals surface area contributed by atoms with Crippen LogP contribution in [-0.2, 0) is 9.63 Å². The molecule has 1 atom stereocenters. The van der Waals surface area contributed by atoms with Crippen LogP contribution in [0.3, 0.4) is 0 Å². The smallest absolute Gasteiger partial charge is 0.267 e. The van der Waals surface area contributed by atoms with Crippen LogP contribution in [0.1, 0.15) is 12.5 Å². The number of hydrogen-bond acceptors (Lipinski definition) is 5. The van der Waals surface area contributed by atoms with Gasteiger partial charge in [0.2, 0.25) is 6.10 Å². The molecule has 6 nitrogen and oxygen atoms in total. The van der Waals surface area contributed by atoms with Crippen molar-refractivity contribution in [1.82, 2.24) is 0 Å². The van der Waals surface area contributed by atoms with Crippen LogP contribution in [0, 0.1) is 0 Å². The summed E-state index contributed by atoms with van der Waals surface area (Å²) in [6.45, 7) is 1.61. The maximum absolute atomic E-state index is 12.2. The van der Waals surface area contributed by atoms with Crippen molar-refractivity contribution in [2.75, 3.05) is 19.5 Å². The summed E-state index contributed by atoms with van der Waals surface area (Å²) in [4.78, 5) is 17.3. The molecule has 0 aliphatic carbocycles. The van der Waals surface area contributed by atoms with Gasteiger partial charge >= 0.3 is 0 Å². The summed E-state index contributed by atoms with van der Waals surface area (Å²) in [7, 11) is 3.07. The van der Waals surface area contributed by atoms with Crippen molar-refractivity contribution < 1.29 is 19.1 Å². The van der Waals surface area contributed by atoms with Crippen molar-refractivity contribution in [3.63, 3.8) is 0 Å². The van der Waals surface area contributed by atoms with Crippen LogP contribution >= 0.6 is 11.6 Å². The molecule has 25 heavy (non-hydrogen) atoms. The van der Waals surface area contributed by atoms with E-state index in [1.807, 2.05) is 0 Å². The summed E-state index contributed by atoms with van der Waals surface area (Å²) in [6.07, 6.45) is 0.743. The first-order valence-electron chi connectivity index (χ1n) is 7.51. The molecule has 2 aromatic carbocycles. The molecule has 7 heteroatoms. The third-order valence-electron chi connectivity index (χ3n) is 3.31. The lowest BCUT2D eigenvalue weighted by atomic mass is 10.2. The van der Waals surface area contributed by atoms with E-state index in [1.165, 1.54) is 13.3 Å². The van der Waals surface area contributed by atoms with Crippen LogP contribution in [-0.4, -0.2) is 32.4 Å². The molecule has 2 rings (SSSR count). The Hall–Kier alpha value is -2.73. The molecule has 0 radical (unpaired) electrons. The highest BCUT2D eigenvalue weighted by molar-refractivity contribution is 6.30. The maximum Gasteiger partial charge on any atom is 0.267 e. The zero-order valence-electron chi connectivity index (χ0n) is 14.2. The Morgan fingerprint density at radius 2 is 1.80 bits per heavy atom. The van der Waals surface area contributed by atoms with Crippen LogP contribution in [0.15, 0.2) is 47.6 Å². The number of carbonyl (C=O) groups excluding carboxylic acids is 1. The van der Waals surface area contributed by atoms with Crippen LogP contribution in [0.25, 0.3) is 0 Å². The number of oxime groups is 1. The van der Waals surface area contributed by atoms with Crippen molar-refractivity contribution in [2.24, 2.45) is 5.16 Å². The van der Waals surface area contributed by atoms with Gasteiger partial charge in [-0.15, -0.1) is 0 Å². The Labute approximate surface area is 151 Å². The van der Waals surface area contributed by atoms with E-state index in [2.05, 4.69) is 10.5 Å². The van der Waals surface area contributed by atoms with Gasteiger partial charge in [-0.3, -0.25) is 4.79 Å². The van der Waals surface area contributed by atoms with Gasteiger partial charge in [-0.1, -0.05) is 28.9 Å². The molecule has 0 spiro atoms. The number of nitrogens with zero attached hydrogens (tertiary/aromatic N) is 1. The van der Waals surface area contributed by atoms with E-state index in [0.717, 1.165) is 5.56 Å². The minimum Gasteiger partial charge on any atom is -0.493 e. The molecule has 1 N–H and O–H groups in total. The Morgan fingerprint density at radius 3 is 2.44 bits per heavy atom. The summed E-state index contributed by atoms with van der Waals surface area (Å²) in [5.74, 6) is 0.771. The highest BCUT2D eigenvalue weighted by Crippen LogP contribution is 2.29. The summed E-state index contributed by atoms with van der Waals surface area (Å²) < 4.78 is 10.4. The Bertz CT molecular complexity index is 747. The van der Waals surface area contributed by atoms with Gasteiger partial charge in [0, 0.05) is 16.8 Å². The Morgan fingerprint density at radius 1 is 1.12 bits per heavy atom. The number of amides is 1. The number of nitrogens with one attached hydrogen (secondary N) is 1. The van der Waals surface area contributed by atoms with Gasteiger partial charge in [0.15, 0.2) is 11.5 Å². The van der Waals surface area contributed by atoms with Gasteiger partial charge in [0.1, 0.15) is 0 Å². The molecule has 0 aliphatic heterocycles. The summed E-state index contributed by atoms with van der Waals surface area (Å²) in [6, 6.07) is 12.2. The molecular formula is C18H19ClN2O4. The summed E-state index contributed by atoms with van der Waals surface area (Å²) in [5.41, 5.74) is 1.39. The summed E-state index contributed by atoms with van der Waals surface area (Å²) >= 11 is 5.81. The minimum atomic E-state index is -0.767. The van der Waals surface area contributed by atoms with E-state index in [1.54, 1.807) is 56.5 Å². The second kappa shape index (κ2) is 8.94. The van der Waals surface area contributed by atoms with Crippen LogP contribution in [0.2, 0.25) is 5.02 Å². The van der Waals surface area contributed by atoms with Crippen molar-refractivity contribution in [3.8, 4) is 11.5 Å². The number of methoxy groups -OCH3 is 2. The monoisotopic (exact) mass is 362 g/mol. The van der Waals surface area contributed by atoms with E-state index in [4.69, 9.17) is 25.9 Å². The van der Waals surface area contributed by atoms with Crippen LogP contribution in [0.4, 0.5) is 5.69 Å². The highest BCUT2D eigenvalue weighted by atomic mass is 35.5. The van der Waals surface area contributed by atoms with Gasteiger partial charge in [-0.05, 0) is 36.8 Å². The Kier molecular flexibility index (Phi) is 6.65. The number of ether oxygens (including phenoxy) is 2. The first-order chi connectivity index (χ1) is 12.0. The molecule has 1 unspecified atom stereocenters. The molecular weight excluding hydrogens is 344 g/mol. The predicted octanol–water partition coefficient (Wildman–Crippen LogP) is 3.73. The number of benzene rings is 2. The molecule has 0 bridgehead atoms. The first-order valence-corrected chi connectivity index (χ1v) is 7.89. The molecule has 0 heterocycles. The second-order valence-corrected chi connectivity index (χ2v) is 5.53.